The second-order valence-corrected chi connectivity index (χ2v) is 8.71. The van der Waals surface area contributed by atoms with E-state index in [4.69, 9.17) is 9.51 Å². The van der Waals surface area contributed by atoms with Crippen LogP contribution in [0.1, 0.15) is 48.6 Å². The minimum absolute atomic E-state index is 0.0333. The highest BCUT2D eigenvalue weighted by Crippen LogP contribution is 2.43. The number of halogens is 1. The molecule has 0 spiro atoms. The molecule has 0 atom stereocenters. The zero-order chi connectivity index (χ0) is 22.1. The Morgan fingerprint density at radius 3 is 2.59 bits per heavy atom. The fourth-order valence-corrected chi connectivity index (χ4v) is 4.18. The van der Waals surface area contributed by atoms with Gasteiger partial charge in [0.05, 0.1) is 23.4 Å². The Labute approximate surface area is 186 Å². The van der Waals surface area contributed by atoms with Gasteiger partial charge in [0, 0.05) is 37.3 Å². The predicted octanol–water partition coefficient (Wildman–Crippen LogP) is 3.78. The first-order valence-electron chi connectivity index (χ1n) is 11.1. The number of aromatic nitrogens is 3. The monoisotopic (exact) mass is 435 g/mol. The summed E-state index contributed by atoms with van der Waals surface area (Å²) in [6.45, 7) is 3.47. The first kappa shape index (κ1) is 20.6. The third kappa shape index (κ3) is 4.64. The van der Waals surface area contributed by atoms with Crippen LogP contribution in [-0.2, 0) is 11.2 Å². The van der Waals surface area contributed by atoms with Gasteiger partial charge in [-0.25, -0.2) is 14.4 Å². The minimum Gasteiger partial charge on any atom is -0.356 e. The Balaban J connectivity index is 1.20. The second-order valence-electron chi connectivity index (χ2n) is 8.71. The van der Waals surface area contributed by atoms with Gasteiger partial charge in [0.2, 0.25) is 11.9 Å². The summed E-state index contributed by atoms with van der Waals surface area (Å²) >= 11 is 0. The Morgan fingerprint density at radius 1 is 1.19 bits per heavy atom. The van der Waals surface area contributed by atoms with Gasteiger partial charge in [-0.3, -0.25) is 4.79 Å². The van der Waals surface area contributed by atoms with E-state index in [0.29, 0.717) is 5.92 Å². The maximum atomic E-state index is 13.0. The Morgan fingerprint density at radius 2 is 1.94 bits per heavy atom. The van der Waals surface area contributed by atoms with Crippen molar-refractivity contribution in [3.05, 3.63) is 59.3 Å². The summed E-state index contributed by atoms with van der Waals surface area (Å²) < 4.78 is 18.5. The zero-order valence-corrected chi connectivity index (χ0v) is 18.1. The number of hydrogen-bond donors (Lipinski definition) is 1. The predicted molar refractivity (Wildman–Crippen MR) is 118 cm³/mol. The molecule has 32 heavy (non-hydrogen) atoms. The lowest BCUT2D eigenvalue weighted by atomic mass is 10.0. The first-order chi connectivity index (χ1) is 15.5. The number of aryl methyl sites for hydroxylation is 1. The number of rotatable bonds is 6. The Kier molecular flexibility index (Phi) is 5.59. The lowest BCUT2D eigenvalue weighted by Gasteiger charge is -2.32. The summed E-state index contributed by atoms with van der Waals surface area (Å²) in [5.74, 6) is 1.59. The number of nitrogens with one attached hydrogen (secondary N) is 1. The minimum atomic E-state index is -0.294. The third-order valence-corrected chi connectivity index (χ3v) is 6.08. The normalized spacial score (nSPS) is 16.9. The molecule has 5 rings (SSSR count). The molecule has 0 bridgehead atoms. The van der Waals surface area contributed by atoms with E-state index in [9.17, 15) is 9.18 Å². The lowest BCUT2D eigenvalue weighted by molar-refractivity contribution is -0.121. The van der Waals surface area contributed by atoms with E-state index >= 15 is 0 Å². The van der Waals surface area contributed by atoms with Gasteiger partial charge in [0.15, 0.2) is 5.76 Å². The van der Waals surface area contributed by atoms with E-state index in [0.717, 1.165) is 73.0 Å². The van der Waals surface area contributed by atoms with Gasteiger partial charge < -0.3 is 14.7 Å². The molecule has 0 unspecified atom stereocenters. The van der Waals surface area contributed by atoms with Crippen LogP contribution in [0, 0.1) is 12.7 Å². The van der Waals surface area contributed by atoms with Crippen molar-refractivity contribution in [2.45, 2.75) is 51.0 Å². The molecule has 1 aromatic carbocycles. The van der Waals surface area contributed by atoms with Crippen LogP contribution in [0.2, 0.25) is 0 Å². The third-order valence-electron chi connectivity index (χ3n) is 6.08. The molecule has 1 aliphatic carbocycles. The molecule has 7 nitrogen and oxygen atoms in total. The van der Waals surface area contributed by atoms with Crippen LogP contribution < -0.4 is 10.2 Å². The zero-order valence-electron chi connectivity index (χ0n) is 18.1. The number of carbonyl (C=O) groups is 1. The smallest absolute Gasteiger partial charge is 0.225 e. The van der Waals surface area contributed by atoms with Gasteiger partial charge in [-0.1, -0.05) is 17.3 Å². The largest absolute Gasteiger partial charge is 0.356 e. The van der Waals surface area contributed by atoms with Crippen molar-refractivity contribution in [2.24, 2.45) is 0 Å². The van der Waals surface area contributed by atoms with Crippen molar-refractivity contribution in [3.63, 3.8) is 0 Å². The van der Waals surface area contributed by atoms with Crippen molar-refractivity contribution in [3.8, 4) is 11.3 Å². The molecule has 1 N–H and O–H groups in total. The number of nitrogens with zero attached hydrogens (tertiary/aromatic N) is 4. The molecule has 1 saturated heterocycles. The molecule has 8 heteroatoms. The molecule has 166 valence electrons. The summed E-state index contributed by atoms with van der Waals surface area (Å²) in [5.41, 5.74) is 3.62. The van der Waals surface area contributed by atoms with Crippen LogP contribution >= 0.6 is 0 Å². The molecule has 3 aromatic rings. The summed E-state index contributed by atoms with van der Waals surface area (Å²) in [6, 6.07) is 8.10. The molecular weight excluding hydrogens is 409 g/mol. The second kappa shape index (κ2) is 8.68. The van der Waals surface area contributed by atoms with Crippen molar-refractivity contribution >= 4 is 11.9 Å². The van der Waals surface area contributed by atoms with Crippen molar-refractivity contribution in [1.29, 1.82) is 0 Å². The molecule has 2 aromatic heterocycles. The quantitative estimate of drug-likeness (QED) is 0.634. The van der Waals surface area contributed by atoms with Crippen LogP contribution in [0.4, 0.5) is 10.3 Å². The topological polar surface area (TPSA) is 84.2 Å². The molecule has 1 saturated carbocycles. The summed E-state index contributed by atoms with van der Waals surface area (Å²) in [4.78, 5) is 24.1. The van der Waals surface area contributed by atoms with E-state index in [1.165, 1.54) is 12.1 Å². The average Bonchev–Trinajstić information content (AvgIpc) is 3.56. The van der Waals surface area contributed by atoms with E-state index in [1.54, 1.807) is 12.1 Å². The van der Waals surface area contributed by atoms with Gasteiger partial charge in [-0.05, 0) is 50.3 Å². The van der Waals surface area contributed by atoms with Crippen LogP contribution in [0.5, 0.6) is 0 Å². The maximum absolute atomic E-state index is 13.0. The van der Waals surface area contributed by atoms with E-state index in [1.807, 2.05) is 19.2 Å². The van der Waals surface area contributed by atoms with Crippen LogP contribution in [0.15, 0.2) is 41.1 Å². The number of carbonyl (C=O) groups excluding carboxylic acids is 1. The number of hydrogen-bond acceptors (Lipinski definition) is 6. The van der Waals surface area contributed by atoms with Gasteiger partial charge >= 0.3 is 0 Å². The highest BCUT2D eigenvalue weighted by Gasteiger charge is 2.31. The van der Waals surface area contributed by atoms with Gasteiger partial charge in [0.25, 0.3) is 0 Å². The molecule has 2 aliphatic rings. The summed E-state index contributed by atoms with van der Waals surface area (Å²) in [7, 11) is 0. The van der Waals surface area contributed by atoms with Gasteiger partial charge in [-0.2, -0.15) is 0 Å². The van der Waals surface area contributed by atoms with E-state index in [2.05, 4.69) is 20.4 Å². The SMILES string of the molecule is Cc1cc(-c2cnc(N3CCC(NC(=O)Cc4ccc(F)cc4)CC3)nc2C2CC2)on1. The highest BCUT2D eigenvalue weighted by molar-refractivity contribution is 5.78. The molecular formula is C24H26FN5O2. The number of benzene rings is 1. The van der Waals surface area contributed by atoms with Crippen LogP contribution in [0.25, 0.3) is 11.3 Å². The standard InChI is InChI=1S/C24H26FN5O2/c1-15-12-21(32-29-15)20-14-26-24(28-23(20)17-4-5-17)30-10-8-19(9-11-30)27-22(31)13-16-2-6-18(25)7-3-16/h2-3,6-7,12,14,17,19H,4-5,8-11,13H2,1H3,(H,27,31). The fraction of sp³-hybridized carbons (Fsp3) is 0.417. The number of anilines is 1. The molecule has 2 fully saturated rings. The van der Waals surface area contributed by atoms with Crippen LogP contribution in [-0.4, -0.2) is 40.2 Å². The van der Waals surface area contributed by atoms with E-state index in [-0.39, 0.29) is 24.2 Å². The average molecular weight is 436 g/mol. The summed E-state index contributed by atoms with van der Waals surface area (Å²) in [5, 5.41) is 7.10. The number of piperidine rings is 1. The van der Waals surface area contributed by atoms with Crippen molar-refractivity contribution in [2.75, 3.05) is 18.0 Å². The van der Waals surface area contributed by atoms with Gasteiger partial charge in [-0.15, -0.1) is 0 Å². The Hall–Kier alpha value is -3.29. The molecule has 0 radical (unpaired) electrons. The summed E-state index contributed by atoms with van der Waals surface area (Å²) in [6.07, 6.45) is 6.06. The van der Waals surface area contributed by atoms with Crippen LogP contribution in [0.3, 0.4) is 0 Å². The first-order valence-corrected chi connectivity index (χ1v) is 11.1. The fourth-order valence-electron chi connectivity index (χ4n) is 4.18. The van der Waals surface area contributed by atoms with Crippen molar-refractivity contribution < 1.29 is 13.7 Å². The molecule has 1 amide bonds. The number of amides is 1. The van der Waals surface area contributed by atoms with Crippen molar-refractivity contribution in [1.82, 2.24) is 20.4 Å². The Bertz CT molecular complexity index is 1100. The van der Waals surface area contributed by atoms with E-state index < -0.39 is 0 Å². The van der Waals surface area contributed by atoms with Gasteiger partial charge in [0.1, 0.15) is 5.82 Å². The molecule has 1 aliphatic heterocycles. The highest BCUT2D eigenvalue weighted by atomic mass is 19.1. The molecule has 3 heterocycles. The lowest BCUT2D eigenvalue weighted by Crippen LogP contribution is -2.45. The maximum Gasteiger partial charge on any atom is 0.225 e.